The second-order valence-corrected chi connectivity index (χ2v) is 6.29. The smallest absolute Gasteiger partial charge is 0.0603 e. The van der Waals surface area contributed by atoms with Gasteiger partial charge in [-0.15, -0.1) is 0 Å². The van der Waals surface area contributed by atoms with Crippen LogP contribution in [-0.4, -0.2) is 0 Å². The van der Waals surface area contributed by atoms with Gasteiger partial charge in [-0.3, -0.25) is 0 Å². The Morgan fingerprint density at radius 2 is 0.900 bits per heavy atom. The monoisotopic (exact) mass is 308 g/mol. The molecule has 2 nitrogen and oxygen atoms in total. The fourth-order valence-corrected chi connectivity index (χ4v) is 2.44. The lowest BCUT2D eigenvalue weighted by molar-refractivity contribution is 0.268. The van der Waals surface area contributed by atoms with Crippen molar-refractivity contribution >= 4 is 23.2 Å². The molecule has 0 saturated carbocycles. The van der Waals surface area contributed by atoms with Gasteiger partial charge in [0.1, 0.15) is 0 Å². The zero-order valence-corrected chi connectivity index (χ0v) is 13.0. The molecule has 0 aliphatic heterocycles. The largest absolute Gasteiger partial charge is 0.320 e. The van der Waals surface area contributed by atoms with E-state index in [9.17, 15) is 0 Å². The average Bonchev–Trinajstić information content (AvgIpc) is 2.39. The first kappa shape index (κ1) is 15.3. The highest BCUT2D eigenvalue weighted by Crippen LogP contribution is 2.36. The molecule has 106 valence electrons. The van der Waals surface area contributed by atoms with E-state index in [2.05, 4.69) is 0 Å². The first-order chi connectivity index (χ1) is 9.25. The first-order valence-corrected chi connectivity index (χ1v) is 7.10. The maximum atomic E-state index is 6.53. The molecule has 0 radical (unpaired) electrons. The molecule has 0 fully saturated rings. The Labute approximate surface area is 129 Å². The molecular weight excluding hydrogens is 291 g/mol. The molecule has 4 heteroatoms. The summed E-state index contributed by atoms with van der Waals surface area (Å²) < 4.78 is 0. The predicted octanol–water partition coefficient (Wildman–Crippen LogP) is 4.04. The molecule has 0 aromatic heterocycles. The number of rotatable bonds is 3. The van der Waals surface area contributed by atoms with Gasteiger partial charge in [-0.2, -0.15) is 0 Å². The molecule has 0 heterocycles. The van der Waals surface area contributed by atoms with Crippen LogP contribution in [0.25, 0.3) is 0 Å². The predicted molar refractivity (Wildman–Crippen MR) is 86.0 cm³/mol. The van der Waals surface area contributed by atoms with Gasteiger partial charge >= 0.3 is 0 Å². The van der Waals surface area contributed by atoms with E-state index < -0.39 is 11.1 Å². The second kappa shape index (κ2) is 5.38. The van der Waals surface area contributed by atoms with Crippen molar-refractivity contribution in [2.75, 3.05) is 0 Å². The third-order valence-corrected chi connectivity index (χ3v) is 4.47. The molecule has 0 aliphatic rings. The minimum absolute atomic E-state index is 0.676. The fourth-order valence-electron chi connectivity index (χ4n) is 2.19. The molecule has 20 heavy (non-hydrogen) atoms. The van der Waals surface area contributed by atoms with Crippen molar-refractivity contribution in [3.8, 4) is 0 Å². The Morgan fingerprint density at radius 3 is 1.15 bits per heavy atom. The van der Waals surface area contributed by atoms with Crippen LogP contribution in [0.1, 0.15) is 25.0 Å². The van der Waals surface area contributed by atoms with Crippen LogP contribution >= 0.6 is 23.2 Å². The van der Waals surface area contributed by atoms with Gasteiger partial charge in [0, 0.05) is 10.0 Å². The van der Waals surface area contributed by atoms with Crippen molar-refractivity contribution in [2.45, 2.75) is 24.9 Å². The minimum atomic E-state index is -0.745. The summed E-state index contributed by atoms with van der Waals surface area (Å²) >= 11 is 11.8. The molecule has 2 aromatic rings. The summed E-state index contributed by atoms with van der Waals surface area (Å²) in [4.78, 5) is 0. The van der Waals surface area contributed by atoms with Crippen LogP contribution in [0, 0.1) is 0 Å². The molecule has 2 rings (SSSR count). The number of hydrogen-bond donors (Lipinski definition) is 2. The van der Waals surface area contributed by atoms with Gasteiger partial charge in [-0.1, -0.05) is 47.5 Å². The van der Waals surface area contributed by atoms with Gasteiger partial charge in [-0.05, 0) is 49.2 Å². The van der Waals surface area contributed by atoms with E-state index in [-0.39, 0.29) is 0 Å². The molecule has 2 atom stereocenters. The number of nitrogens with two attached hydrogens (primary N) is 2. The highest BCUT2D eigenvalue weighted by Gasteiger charge is 2.41. The molecule has 2 aromatic carbocycles. The van der Waals surface area contributed by atoms with Crippen LogP contribution in [0.3, 0.4) is 0 Å². The summed E-state index contributed by atoms with van der Waals surface area (Å²) in [6.07, 6.45) is 0. The van der Waals surface area contributed by atoms with Crippen LogP contribution in [0.4, 0.5) is 0 Å². The number of benzene rings is 2. The summed E-state index contributed by atoms with van der Waals surface area (Å²) in [5.74, 6) is 0. The maximum absolute atomic E-state index is 6.53. The molecule has 4 N–H and O–H groups in total. The quantitative estimate of drug-likeness (QED) is 0.899. The summed E-state index contributed by atoms with van der Waals surface area (Å²) in [6, 6.07) is 14.9. The average molecular weight is 309 g/mol. The van der Waals surface area contributed by atoms with E-state index in [0.717, 1.165) is 11.1 Å². The summed E-state index contributed by atoms with van der Waals surface area (Å²) in [6.45, 7) is 3.84. The Hall–Kier alpha value is -1.06. The summed E-state index contributed by atoms with van der Waals surface area (Å²) in [5, 5.41) is 1.35. The minimum Gasteiger partial charge on any atom is -0.320 e. The lowest BCUT2D eigenvalue weighted by Crippen LogP contribution is -2.57. The van der Waals surface area contributed by atoms with Crippen molar-refractivity contribution in [1.29, 1.82) is 0 Å². The Balaban J connectivity index is 2.45. The number of halogens is 2. The Morgan fingerprint density at radius 1 is 0.650 bits per heavy atom. The third-order valence-electron chi connectivity index (χ3n) is 3.97. The van der Waals surface area contributed by atoms with Crippen LogP contribution in [-0.2, 0) is 11.1 Å². The summed E-state index contributed by atoms with van der Waals surface area (Å²) in [7, 11) is 0. The first-order valence-electron chi connectivity index (χ1n) is 6.35. The SMILES string of the molecule is C[C@](N)(c1ccc(Cl)cc1)[C@@](C)(N)c1ccc(Cl)cc1. The van der Waals surface area contributed by atoms with Crippen LogP contribution < -0.4 is 11.5 Å². The van der Waals surface area contributed by atoms with Crippen molar-refractivity contribution in [3.05, 3.63) is 69.7 Å². The number of hydrogen-bond acceptors (Lipinski definition) is 2. The highest BCUT2D eigenvalue weighted by molar-refractivity contribution is 6.30. The zero-order chi connectivity index (χ0) is 15.0. The van der Waals surface area contributed by atoms with Crippen LogP contribution in [0.5, 0.6) is 0 Å². The Bertz CT molecular complexity index is 531. The summed E-state index contributed by atoms with van der Waals surface area (Å²) in [5.41, 5.74) is 13.4. The lowest BCUT2D eigenvalue weighted by atomic mass is 9.72. The van der Waals surface area contributed by atoms with Gasteiger partial charge in [0.25, 0.3) is 0 Å². The third kappa shape index (κ3) is 2.70. The van der Waals surface area contributed by atoms with E-state index in [1.807, 2.05) is 62.4 Å². The molecule has 0 saturated heterocycles. The fraction of sp³-hybridized carbons (Fsp3) is 0.250. The zero-order valence-electron chi connectivity index (χ0n) is 11.5. The van der Waals surface area contributed by atoms with E-state index in [4.69, 9.17) is 34.7 Å². The van der Waals surface area contributed by atoms with Gasteiger partial charge in [0.2, 0.25) is 0 Å². The van der Waals surface area contributed by atoms with E-state index in [1.54, 1.807) is 0 Å². The van der Waals surface area contributed by atoms with Crippen LogP contribution in [0.15, 0.2) is 48.5 Å². The molecule has 0 spiro atoms. The van der Waals surface area contributed by atoms with Gasteiger partial charge < -0.3 is 11.5 Å². The normalized spacial score (nSPS) is 17.3. The molecule has 0 aliphatic carbocycles. The molecule has 0 unspecified atom stereocenters. The lowest BCUT2D eigenvalue weighted by Gasteiger charge is -2.42. The standard InChI is InChI=1S/C16H18Cl2N2/c1-15(19,11-3-7-13(17)8-4-11)16(2,20)12-5-9-14(18)10-6-12/h3-10H,19-20H2,1-2H3/t15-,16-/m0/s1. The maximum Gasteiger partial charge on any atom is 0.0603 e. The van der Waals surface area contributed by atoms with Gasteiger partial charge in [0.15, 0.2) is 0 Å². The van der Waals surface area contributed by atoms with Crippen molar-refractivity contribution < 1.29 is 0 Å². The molecule has 0 amide bonds. The van der Waals surface area contributed by atoms with Gasteiger partial charge in [-0.25, -0.2) is 0 Å². The highest BCUT2D eigenvalue weighted by atomic mass is 35.5. The van der Waals surface area contributed by atoms with Crippen molar-refractivity contribution in [1.82, 2.24) is 0 Å². The van der Waals surface area contributed by atoms with E-state index in [0.29, 0.717) is 10.0 Å². The van der Waals surface area contributed by atoms with Gasteiger partial charge in [0.05, 0.1) is 11.1 Å². The molecular formula is C16H18Cl2N2. The Kier molecular flexibility index (Phi) is 4.12. The van der Waals surface area contributed by atoms with Crippen molar-refractivity contribution in [3.63, 3.8) is 0 Å². The van der Waals surface area contributed by atoms with Crippen molar-refractivity contribution in [2.24, 2.45) is 11.5 Å². The van der Waals surface area contributed by atoms with Crippen LogP contribution in [0.2, 0.25) is 10.0 Å². The topological polar surface area (TPSA) is 52.0 Å². The van der Waals surface area contributed by atoms with E-state index in [1.165, 1.54) is 0 Å². The van der Waals surface area contributed by atoms with E-state index >= 15 is 0 Å². The molecule has 0 bridgehead atoms. The second-order valence-electron chi connectivity index (χ2n) is 5.42.